The van der Waals surface area contributed by atoms with Gasteiger partial charge >= 0.3 is 0 Å². The minimum atomic E-state index is -0.262. The van der Waals surface area contributed by atoms with E-state index in [0.29, 0.717) is 25.3 Å². The maximum absolute atomic E-state index is 12.4. The Hall–Kier alpha value is -2.37. The van der Waals surface area contributed by atoms with Gasteiger partial charge in [-0.1, -0.05) is 42.5 Å². The van der Waals surface area contributed by atoms with Crippen LogP contribution in [0.1, 0.15) is 22.0 Å². The third-order valence-corrected chi connectivity index (χ3v) is 4.28. The van der Waals surface area contributed by atoms with Gasteiger partial charge in [-0.15, -0.1) is 0 Å². The Bertz CT molecular complexity index is 669. The average molecular weight is 326 g/mol. The summed E-state index contributed by atoms with van der Waals surface area (Å²) in [5.74, 6) is -0.264. The van der Waals surface area contributed by atoms with Crippen LogP contribution in [0, 0.1) is 0 Å². The lowest BCUT2D eigenvalue weighted by Crippen LogP contribution is -2.43. The second-order valence-corrected chi connectivity index (χ2v) is 5.80. The maximum atomic E-state index is 12.4. The molecule has 5 nitrogen and oxygen atoms in total. The van der Waals surface area contributed by atoms with Crippen molar-refractivity contribution in [1.82, 2.24) is 10.2 Å². The molecule has 0 spiro atoms. The number of carbonyl (C=O) groups excluding carboxylic acids is 1. The Morgan fingerprint density at radius 2 is 1.75 bits per heavy atom. The third kappa shape index (κ3) is 3.93. The van der Waals surface area contributed by atoms with E-state index in [1.807, 2.05) is 18.2 Å². The van der Waals surface area contributed by atoms with Crippen LogP contribution in [0.3, 0.4) is 0 Å². The van der Waals surface area contributed by atoms with E-state index in [0.717, 1.165) is 18.7 Å². The van der Waals surface area contributed by atoms with Gasteiger partial charge < -0.3 is 15.2 Å². The van der Waals surface area contributed by atoms with Crippen molar-refractivity contribution >= 4 is 5.91 Å². The molecule has 0 aliphatic carbocycles. The summed E-state index contributed by atoms with van der Waals surface area (Å²) in [4.78, 5) is 14.7. The van der Waals surface area contributed by atoms with Crippen molar-refractivity contribution in [3.63, 3.8) is 0 Å². The summed E-state index contributed by atoms with van der Waals surface area (Å²) in [6.45, 7) is 3.57. The Balaban J connectivity index is 1.72. The van der Waals surface area contributed by atoms with Gasteiger partial charge in [-0.25, -0.2) is 0 Å². The van der Waals surface area contributed by atoms with Crippen LogP contribution in [0.15, 0.2) is 54.6 Å². The zero-order valence-corrected chi connectivity index (χ0v) is 13.5. The van der Waals surface area contributed by atoms with Crippen LogP contribution in [-0.4, -0.2) is 48.8 Å². The summed E-state index contributed by atoms with van der Waals surface area (Å²) in [6, 6.07) is 16.8. The maximum Gasteiger partial charge on any atom is 0.255 e. The minimum absolute atomic E-state index is 0.00219. The fraction of sp³-hybridized carbons (Fsp3) is 0.316. The molecule has 3 rings (SSSR count). The number of nitrogens with zero attached hydrogens (tertiary/aromatic N) is 1. The molecule has 2 aromatic rings. The number of para-hydroxylation sites is 1. The predicted molar refractivity (Wildman–Crippen MR) is 92.0 cm³/mol. The molecule has 1 aliphatic heterocycles. The molecule has 1 saturated heterocycles. The fourth-order valence-corrected chi connectivity index (χ4v) is 2.97. The normalized spacial score (nSPS) is 16.5. The molecule has 0 aromatic heterocycles. The number of nitrogens with one attached hydrogen (secondary N) is 1. The minimum Gasteiger partial charge on any atom is -0.507 e. The summed E-state index contributed by atoms with van der Waals surface area (Å²) in [7, 11) is 0. The molecule has 2 N–H and O–H groups in total. The molecular weight excluding hydrogens is 304 g/mol. The van der Waals surface area contributed by atoms with E-state index in [4.69, 9.17) is 4.74 Å². The molecule has 1 aliphatic rings. The molecule has 1 heterocycles. The smallest absolute Gasteiger partial charge is 0.255 e. The number of ether oxygens (including phenoxy) is 1. The lowest BCUT2D eigenvalue weighted by molar-refractivity contribution is 0.0162. The highest BCUT2D eigenvalue weighted by atomic mass is 16.5. The molecule has 1 unspecified atom stereocenters. The van der Waals surface area contributed by atoms with Crippen LogP contribution in [0.2, 0.25) is 0 Å². The molecule has 0 saturated carbocycles. The molecule has 5 heteroatoms. The molecular formula is C19H22N2O3. The highest BCUT2D eigenvalue weighted by molar-refractivity contribution is 5.96. The van der Waals surface area contributed by atoms with Crippen molar-refractivity contribution in [3.8, 4) is 5.75 Å². The number of morpholine rings is 1. The topological polar surface area (TPSA) is 61.8 Å². The van der Waals surface area contributed by atoms with Gasteiger partial charge in [0.05, 0.1) is 24.8 Å². The van der Waals surface area contributed by atoms with E-state index in [1.54, 1.807) is 18.2 Å². The van der Waals surface area contributed by atoms with Gasteiger partial charge in [0.2, 0.25) is 0 Å². The molecule has 1 amide bonds. The quantitative estimate of drug-likeness (QED) is 0.884. The number of phenolic OH excluding ortho intramolecular Hbond substituents is 1. The largest absolute Gasteiger partial charge is 0.507 e. The standard InChI is InChI=1S/C19H22N2O3/c22-18-9-5-4-8-16(18)19(23)20-14-17(15-6-2-1-3-7-15)21-10-12-24-13-11-21/h1-9,17,22H,10-14H2,(H,20,23). The number of carbonyl (C=O) groups is 1. The van der Waals surface area contributed by atoms with E-state index in [2.05, 4.69) is 22.3 Å². The SMILES string of the molecule is O=C(NCC(c1ccccc1)N1CCOCC1)c1ccccc1O. The third-order valence-electron chi connectivity index (χ3n) is 4.28. The zero-order valence-electron chi connectivity index (χ0n) is 13.5. The lowest BCUT2D eigenvalue weighted by Gasteiger charge is -2.35. The van der Waals surface area contributed by atoms with E-state index in [-0.39, 0.29) is 17.7 Å². The Morgan fingerprint density at radius 1 is 1.08 bits per heavy atom. The zero-order chi connectivity index (χ0) is 16.8. The van der Waals surface area contributed by atoms with E-state index < -0.39 is 0 Å². The fourth-order valence-electron chi connectivity index (χ4n) is 2.97. The van der Waals surface area contributed by atoms with Crippen LogP contribution >= 0.6 is 0 Å². The molecule has 0 bridgehead atoms. The number of benzene rings is 2. The first-order valence-corrected chi connectivity index (χ1v) is 8.18. The number of phenols is 1. The molecule has 1 fully saturated rings. The van der Waals surface area contributed by atoms with Gasteiger partial charge in [-0.05, 0) is 17.7 Å². The van der Waals surface area contributed by atoms with Gasteiger partial charge in [0, 0.05) is 19.6 Å². The Kier molecular flexibility index (Phi) is 5.46. The van der Waals surface area contributed by atoms with Crippen LogP contribution in [-0.2, 0) is 4.74 Å². The summed E-state index contributed by atoms with van der Waals surface area (Å²) >= 11 is 0. The van der Waals surface area contributed by atoms with Crippen molar-refractivity contribution < 1.29 is 14.6 Å². The van der Waals surface area contributed by atoms with Gasteiger partial charge in [-0.2, -0.15) is 0 Å². The van der Waals surface area contributed by atoms with Crippen LogP contribution in [0.25, 0.3) is 0 Å². The molecule has 0 radical (unpaired) electrons. The van der Waals surface area contributed by atoms with E-state index in [9.17, 15) is 9.90 Å². The summed E-state index contributed by atoms with van der Waals surface area (Å²) in [6.07, 6.45) is 0. The van der Waals surface area contributed by atoms with Gasteiger partial charge in [0.25, 0.3) is 5.91 Å². The number of aromatic hydroxyl groups is 1. The summed E-state index contributed by atoms with van der Waals surface area (Å²) in [5.41, 5.74) is 1.46. The van der Waals surface area contributed by atoms with Crippen molar-refractivity contribution in [2.75, 3.05) is 32.8 Å². The molecule has 2 aromatic carbocycles. The highest BCUT2D eigenvalue weighted by Gasteiger charge is 2.23. The van der Waals surface area contributed by atoms with Crippen molar-refractivity contribution in [2.45, 2.75) is 6.04 Å². The first-order valence-electron chi connectivity index (χ1n) is 8.18. The van der Waals surface area contributed by atoms with Gasteiger partial charge in [-0.3, -0.25) is 9.69 Å². The highest BCUT2D eigenvalue weighted by Crippen LogP contribution is 2.22. The molecule has 24 heavy (non-hydrogen) atoms. The average Bonchev–Trinajstić information content (AvgIpc) is 2.64. The van der Waals surface area contributed by atoms with Crippen molar-refractivity contribution in [1.29, 1.82) is 0 Å². The van der Waals surface area contributed by atoms with E-state index in [1.165, 1.54) is 6.07 Å². The summed E-state index contributed by atoms with van der Waals surface area (Å²) in [5, 5.41) is 12.8. The summed E-state index contributed by atoms with van der Waals surface area (Å²) < 4.78 is 5.43. The second-order valence-electron chi connectivity index (χ2n) is 5.80. The monoisotopic (exact) mass is 326 g/mol. The Labute approximate surface area is 141 Å². The Morgan fingerprint density at radius 3 is 2.46 bits per heavy atom. The predicted octanol–water partition coefficient (Wildman–Crippen LogP) is 2.20. The van der Waals surface area contributed by atoms with Gasteiger partial charge in [0.1, 0.15) is 5.75 Å². The van der Waals surface area contributed by atoms with Crippen LogP contribution in [0.5, 0.6) is 5.75 Å². The van der Waals surface area contributed by atoms with Crippen molar-refractivity contribution in [3.05, 3.63) is 65.7 Å². The molecule has 1 atom stereocenters. The van der Waals surface area contributed by atoms with E-state index >= 15 is 0 Å². The number of amides is 1. The van der Waals surface area contributed by atoms with Crippen LogP contribution < -0.4 is 5.32 Å². The first kappa shape index (κ1) is 16.5. The molecule has 126 valence electrons. The second kappa shape index (κ2) is 7.95. The van der Waals surface area contributed by atoms with Gasteiger partial charge in [0.15, 0.2) is 0 Å². The number of rotatable bonds is 5. The van der Waals surface area contributed by atoms with Crippen LogP contribution in [0.4, 0.5) is 0 Å². The van der Waals surface area contributed by atoms with Crippen molar-refractivity contribution in [2.24, 2.45) is 0 Å². The first-order chi connectivity index (χ1) is 11.8. The lowest BCUT2D eigenvalue weighted by atomic mass is 10.0. The number of hydrogen-bond donors (Lipinski definition) is 2. The number of hydrogen-bond acceptors (Lipinski definition) is 4.